The number of rotatable bonds is 2. The number of hydrogen-bond acceptors (Lipinski definition) is 5. The quantitative estimate of drug-likeness (QED) is 0.594. The molecule has 2 aliphatic heterocycles. The summed E-state index contributed by atoms with van der Waals surface area (Å²) in [6, 6.07) is 0.258. The Hall–Kier alpha value is -1.63. The highest BCUT2D eigenvalue weighted by atomic mass is 16.4. The molecule has 0 amide bonds. The monoisotopic (exact) mass is 259 g/mol. The van der Waals surface area contributed by atoms with E-state index in [0.717, 1.165) is 25.9 Å². The van der Waals surface area contributed by atoms with Crippen molar-refractivity contribution in [2.24, 2.45) is 11.8 Å². The van der Waals surface area contributed by atoms with Gasteiger partial charge in [-0.2, -0.15) is 0 Å². The maximum Gasteiger partial charge on any atom is 1.00 e. The fourth-order valence-corrected chi connectivity index (χ4v) is 2.81. The van der Waals surface area contributed by atoms with Crippen LogP contribution in [0.4, 0.5) is 0 Å². The van der Waals surface area contributed by atoms with Crippen LogP contribution < -0.4 is 5.11 Å². The molecule has 2 rings (SSSR count). The third-order valence-corrected chi connectivity index (χ3v) is 3.52. The zero-order chi connectivity index (χ0) is 13.9. The number of carbonyl (C=O) groups is 3. The van der Waals surface area contributed by atoms with E-state index in [0.29, 0.717) is 5.92 Å². The first-order valence-electron chi connectivity index (χ1n) is 5.79. The van der Waals surface area contributed by atoms with Crippen LogP contribution >= 0.6 is 0 Å². The lowest BCUT2D eigenvalue weighted by Crippen LogP contribution is -2.45. The lowest BCUT2D eigenvalue weighted by atomic mass is 9.86. The van der Waals surface area contributed by atoms with E-state index < -0.39 is 17.9 Å². The number of aliphatic carboxylic acids is 3. The van der Waals surface area contributed by atoms with Gasteiger partial charge in [-0.1, -0.05) is 6.92 Å². The van der Waals surface area contributed by atoms with Crippen LogP contribution in [0, 0.1) is 11.8 Å². The predicted octanol–water partition coefficient (Wildman–Crippen LogP) is -1.27. The molecule has 2 aliphatic rings. The number of carboxylic acids is 3. The van der Waals surface area contributed by atoms with Crippen molar-refractivity contribution in [3.05, 3.63) is 0 Å². The molecule has 0 spiro atoms. The number of fused-ring (bicyclic) bond motifs is 2. The van der Waals surface area contributed by atoms with Crippen molar-refractivity contribution in [3.63, 3.8) is 0 Å². The predicted molar refractivity (Wildman–Crippen MR) is 58.6 cm³/mol. The van der Waals surface area contributed by atoms with Crippen LogP contribution in [0.2, 0.25) is 0 Å². The second-order valence-corrected chi connectivity index (χ2v) is 4.47. The third kappa shape index (κ3) is 2.98. The van der Waals surface area contributed by atoms with E-state index in [1.54, 1.807) is 0 Å². The van der Waals surface area contributed by atoms with E-state index in [-0.39, 0.29) is 13.4 Å². The largest absolute Gasteiger partial charge is 1.00 e. The SMILES string of the molecule is CCC1[C@@H](C(=O)[O-])[C@H]2CCN1C2.O=C(O)C(=O)O.[H+]. The summed E-state index contributed by atoms with van der Waals surface area (Å²) in [7, 11) is 0. The molecule has 0 radical (unpaired) electrons. The van der Waals surface area contributed by atoms with Gasteiger partial charge >= 0.3 is 13.4 Å². The van der Waals surface area contributed by atoms with Gasteiger partial charge in [-0.25, -0.2) is 9.59 Å². The second-order valence-electron chi connectivity index (χ2n) is 4.47. The highest BCUT2D eigenvalue weighted by molar-refractivity contribution is 6.27. The minimum Gasteiger partial charge on any atom is -0.550 e. The molecule has 7 nitrogen and oxygen atoms in total. The summed E-state index contributed by atoms with van der Waals surface area (Å²) in [5, 5.41) is 25.6. The van der Waals surface area contributed by atoms with Crippen molar-refractivity contribution in [1.82, 2.24) is 4.90 Å². The van der Waals surface area contributed by atoms with Crippen molar-refractivity contribution < 1.29 is 31.1 Å². The Balaban J connectivity index is 0.000000404. The fourth-order valence-electron chi connectivity index (χ4n) is 2.81. The van der Waals surface area contributed by atoms with Gasteiger partial charge in [0, 0.05) is 24.5 Å². The van der Waals surface area contributed by atoms with Crippen molar-refractivity contribution >= 4 is 17.9 Å². The van der Waals surface area contributed by atoms with Crippen LogP contribution in [0.15, 0.2) is 0 Å². The Labute approximate surface area is 105 Å². The number of piperidine rings is 1. The van der Waals surface area contributed by atoms with E-state index in [2.05, 4.69) is 11.8 Å². The standard InChI is InChI=1S/C9H15NO2.C2H2O4/c1-2-7-8(9(11)12)6-3-4-10(7)5-6;3-1(4)2(5)6/h6-8H,2-5H2,1H3,(H,11,12);(H,3,4)(H,5,6)/t6-,7?,8-;/m0./s1. The molecule has 0 saturated carbocycles. The minimum atomic E-state index is -1.82. The van der Waals surface area contributed by atoms with Crippen LogP contribution in [-0.4, -0.2) is 52.2 Å². The molecular weight excluding hydrogens is 242 g/mol. The molecule has 102 valence electrons. The topological polar surface area (TPSA) is 118 Å². The van der Waals surface area contributed by atoms with Crippen LogP contribution in [0.5, 0.6) is 0 Å². The van der Waals surface area contributed by atoms with Crippen LogP contribution in [0.25, 0.3) is 0 Å². The Morgan fingerprint density at radius 3 is 2.22 bits per heavy atom. The van der Waals surface area contributed by atoms with Crippen molar-refractivity contribution in [2.45, 2.75) is 25.8 Å². The third-order valence-electron chi connectivity index (χ3n) is 3.52. The molecule has 0 aromatic rings. The van der Waals surface area contributed by atoms with E-state index in [1.165, 1.54) is 0 Å². The molecule has 4 atom stereocenters. The van der Waals surface area contributed by atoms with Crippen molar-refractivity contribution in [2.75, 3.05) is 13.1 Å². The summed E-state index contributed by atoms with van der Waals surface area (Å²) in [5.41, 5.74) is 0. The van der Waals surface area contributed by atoms with Gasteiger partial charge in [0.05, 0.1) is 0 Å². The Morgan fingerprint density at radius 1 is 1.33 bits per heavy atom. The summed E-state index contributed by atoms with van der Waals surface area (Å²) in [6.07, 6.45) is 1.99. The molecule has 2 bridgehead atoms. The summed E-state index contributed by atoms with van der Waals surface area (Å²) >= 11 is 0. The molecule has 18 heavy (non-hydrogen) atoms. The van der Waals surface area contributed by atoms with Gasteiger partial charge < -0.3 is 20.1 Å². The van der Waals surface area contributed by atoms with E-state index in [9.17, 15) is 9.90 Å². The normalized spacial score (nSPS) is 32.5. The van der Waals surface area contributed by atoms with E-state index in [4.69, 9.17) is 19.8 Å². The van der Waals surface area contributed by atoms with E-state index in [1.807, 2.05) is 0 Å². The van der Waals surface area contributed by atoms with Crippen LogP contribution in [0.1, 0.15) is 21.2 Å². The molecule has 2 saturated heterocycles. The maximum atomic E-state index is 10.8. The maximum absolute atomic E-state index is 10.8. The van der Waals surface area contributed by atoms with E-state index >= 15 is 0 Å². The summed E-state index contributed by atoms with van der Waals surface area (Å²) in [6.45, 7) is 4.13. The average molecular weight is 259 g/mol. The van der Waals surface area contributed by atoms with Gasteiger partial charge in [0.15, 0.2) is 0 Å². The van der Waals surface area contributed by atoms with Crippen LogP contribution in [-0.2, 0) is 14.4 Å². The lowest BCUT2D eigenvalue weighted by molar-refractivity contribution is -0.314. The highest BCUT2D eigenvalue weighted by Gasteiger charge is 2.45. The number of hydrogen-bond donors (Lipinski definition) is 2. The summed E-state index contributed by atoms with van der Waals surface area (Å²) in [4.78, 5) is 31.3. The molecule has 2 unspecified atom stereocenters. The van der Waals surface area contributed by atoms with Gasteiger partial charge in [-0.3, -0.25) is 4.90 Å². The lowest BCUT2D eigenvalue weighted by Gasteiger charge is -2.32. The molecule has 0 aliphatic carbocycles. The minimum absolute atomic E-state index is 0. The van der Waals surface area contributed by atoms with Gasteiger partial charge in [-0.15, -0.1) is 0 Å². The van der Waals surface area contributed by atoms with Crippen molar-refractivity contribution in [1.29, 1.82) is 0 Å². The smallest absolute Gasteiger partial charge is 0.550 e. The number of carbonyl (C=O) groups excluding carboxylic acids is 1. The molecular formula is C11H17NO6. The summed E-state index contributed by atoms with van der Waals surface area (Å²) < 4.78 is 0. The molecule has 7 heteroatoms. The highest BCUT2D eigenvalue weighted by Crippen LogP contribution is 2.39. The fraction of sp³-hybridized carbons (Fsp3) is 0.727. The Bertz CT molecular complexity index is 349. The first-order valence-corrected chi connectivity index (χ1v) is 5.79. The zero-order valence-electron chi connectivity index (χ0n) is 11.0. The van der Waals surface area contributed by atoms with Crippen LogP contribution in [0.3, 0.4) is 0 Å². The molecule has 2 heterocycles. The zero-order valence-corrected chi connectivity index (χ0v) is 10.0. The van der Waals surface area contributed by atoms with Gasteiger partial charge in [0.1, 0.15) is 0 Å². The molecule has 0 aromatic heterocycles. The molecule has 2 N–H and O–H groups in total. The van der Waals surface area contributed by atoms with Gasteiger partial charge in [0.2, 0.25) is 0 Å². The first kappa shape index (κ1) is 14.4. The summed E-state index contributed by atoms with van der Waals surface area (Å²) in [5.74, 6) is -4.30. The first-order chi connectivity index (χ1) is 8.38. The van der Waals surface area contributed by atoms with Gasteiger partial charge in [0.25, 0.3) is 0 Å². The molecule has 0 aromatic carbocycles. The Morgan fingerprint density at radius 2 is 1.89 bits per heavy atom. The number of carboxylic acid groups (broad SMARTS) is 3. The Kier molecular flexibility index (Phi) is 4.66. The number of nitrogens with zero attached hydrogens (tertiary/aromatic N) is 1. The van der Waals surface area contributed by atoms with Crippen molar-refractivity contribution in [3.8, 4) is 0 Å². The molecule has 2 fully saturated rings. The second kappa shape index (κ2) is 5.81. The van der Waals surface area contributed by atoms with Gasteiger partial charge in [-0.05, 0) is 25.3 Å². The average Bonchev–Trinajstić information content (AvgIpc) is 2.88.